The van der Waals surface area contributed by atoms with Crippen LogP contribution < -0.4 is 0 Å². The van der Waals surface area contributed by atoms with E-state index in [9.17, 15) is 9.59 Å². The van der Waals surface area contributed by atoms with Crippen molar-refractivity contribution in [2.24, 2.45) is 0 Å². The van der Waals surface area contributed by atoms with Gasteiger partial charge in [0.1, 0.15) is 17.6 Å². The van der Waals surface area contributed by atoms with Crippen LogP contribution in [0.1, 0.15) is 30.9 Å². The van der Waals surface area contributed by atoms with Gasteiger partial charge in [0.05, 0.1) is 32.2 Å². The Kier molecular flexibility index (Phi) is 10.3. The molecular formula is C30H32O7S. The molecule has 0 radical (unpaired) electrons. The van der Waals surface area contributed by atoms with Crippen molar-refractivity contribution < 1.29 is 33.6 Å². The largest absolute Gasteiger partial charge is 0.481 e. The molecule has 1 aliphatic rings. The molecule has 1 heterocycles. The molecule has 8 heteroatoms. The normalized spacial score (nSPS) is 23.0. The van der Waals surface area contributed by atoms with Gasteiger partial charge in [-0.2, -0.15) is 0 Å². The van der Waals surface area contributed by atoms with Crippen LogP contribution in [0.2, 0.25) is 0 Å². The van der Waals surface area contributed by atoms with Crippen molar-refractivity contribution in [2.45, 2.75) is 67.7 Å². The number of aliphatic carboxylic acids is 1. The first-order valence-electron chi connectivity index (χ1n) is 12.6. The Bertz CT molecular complexity index is 1140. The summed E-state index contributed by atoms with van der Waals surface area (Å²) in [5, 5.41) is 9.00. The number of thioether (sulfide) groups is 1. The van der Waals surface area contributed by atoms with E-state index in [4.69, 9.17) is 24.1 Å². The highest BCUT2D eigenvalue weighted by molar-refractivity contribution is 7.99. The summed E-state index contributed by atoms with van der Waals surface area (Å²) in [6.07, 6.45) is -3.08. The standard InChI is InChI=1S/C30H32O7S/c1-21-27(37-26(33)18-17-25(31)32)28(34-19-22-11-5-2-6-12-22)29(35-20-23-13-7-3-8-14-23)30(36-21)38-24-15-9-4-10-16-24/h2-16,21,27-30H,17-20H2,1H3,(H,31,32)/t21?,27-,28?,29?,30-/m1/s1. The molecule has 0 spiro atoms. The number of carbonyl (C=O) groups excluding carboxylic acids is 1. The molecule has 0 aliphatic carbocycles. The van der Waals surface area contributed by atoms with Gasteiger partial charge in [0, 0.05) is 4.90 Å². The predicted molar refractivity (Wildman–Crippen MR) is 143 cm³/mol. The summed E-state index contributed by atoms with van der Waals surface area (Å²) in [7, 11) is 0. The fourth-order valence-electron chi connectivity index (χ4n) is 4.18. The van der Waals surface area contributed by atoms with Gasteiger partial charge in [-0.05, 0) is 30.2 Å². The molecule has 5 atom stereocenters. The smallest absolute Gasteiger partial charge is 0.306 e. The minimum absolute atomic E-state index is 0.234. The number of rotatable bonds is 12. The van der Waals surface area contributed by atoms with Crippen molar-refractivity contribution in [1.29, 1.82) is 0 Å². The highest BCUT2D eigenvalue weighted by atomic mass is 32.2. The fourth-order valence-corrected chi connectivity index (χ4v) is 5.36. The zero-order valence-electron chi connectivity index (χ0n) is 21.2. The minimum Gasteiger partial charge on any atom is -0.481 e. The number of ether oxygens (including phenoxy) is 4. The molecule has 200 valence electrons. The van der Waals surface area contributed by atoms with E-state index in [0.29, 0.717) is 6.61 Å². The molecule has 4 rings (SSSR count). The van der Waals surface area contributed by atoms with Crippen LogP contribution in [-0.2, 0) is 41.8 Å². The SMILES string of the molecule is CC1O[C@H](Sc2ccccc2)C(OCc2ccccc2)C(OCc2ccccc2)[C@@H]1OC(=O)CCC(=O)O. The maximum absolute atomic E-state index is 12.6. The first-order chi connectivity index (χ1) is 18.5. The third-order valence-electron chi connectivity index (χ3n) is 6.10. The topological polar surface area (TPSA) is 91.3 Å². The first-order valence-corrected chi connectivity index (χ1v) is 13.5. The average Bonchev–Trinajstić information content (AvgIpc) is 2.93. The zero-order valence-corrected chi connectivity index (χ0v) is 22.0. The highest BCUT2D eigenvalue weighted by Gasteiger charge is 2.48. The second-order valence-corrected chi connectivity index (χ2v) is 10.2. The molecule has 1 N–H and O–H groups in total. The number of carbonyl (C=O) groups is 2. The maximum atomic E-state index is 12.6. The summed E-state index contributed by atoms with van der Waals surface area (Å²) in [5.41, 5.74) is 1.52. The van der Waals surface area contributed by atoms with Crippen LogP contribution >= 0.6 is 11.8 Å². The lowest BCUT2D eigenvalue weighted by Crippen LogP contribution is -2.59. The van der Waals surface area contributed by atoms with E-state index in [1.165, 1.54) is 11.8 Å². The number of hydrogen-bond acceptors (Lipinski definition) is 7. The Hall–Kier alpha value is -3.17. The molecule has 1 saturated heterocycles. The van der Waals surface area contributed by atoms with Crippen LogP contribution in [0.15, 0.2) is 95.9 Å². The van der Waals surface area contributed by atoms with Gasteiger partial charge in [0.25, 0.3) is 0 Å². The Morgan fingerprint density at radius 3 is 1.84 bits per heavy atom. The van der Waals surface area contributed by atoms with Crippen LogP contribution in [0.4, 0.5) is 0 Å². The molecule has 3 unspecified atom stereocenters. The van der Waals surface area contributed by atoms with Crippen molar-refractivity contribution in [3.8, 4) is 0 Å². The number of benzene rings is 3. The summed E-state index contributed by atoms with van der Waals surface area (Å²) in [5.74, 6) is -1.67. The molecule has 0 amide bonds. The van der Waals surface area contributed by atoms with E-state index in [-0.39, 0.29) is 19.4 Å². The summed E-state index contributed by atoms with van der Waals surface area (Å²) >= 11 is 1.53. The van der Waals surface area contributed by atoms with Gasteiger partial charge in [-0.1, -0.05) is 90.6 Å². The lowest BCUT2D eigenvalue weighted by Gasteiger charge is -2.44. The quantitative estimate of drug-likeness (QED) is 0.305. The van der Waals surface area contributed by atoms with E-state index in [1.807, 2.05) is 97.9 Å². The molecule has 1 aliphatic heterocycles. The molecule has 3 aromatic rings. The van der Waals surface area contributed by atoms with Crippen LogP contribution in [0.3, 0.4) is 0 Å². The highest BCUT2D eigenvalue weighted by Crippen LogP contribution is 2.37. The van der Waals surface area contributed by atoms with Gasteiger partial charge >= 0.3 is 11.9 Å². The molecule has 3 aromatic carbocycles. The predicted octanol–water partition coefficient (Wildman–Crippen LogP) is 5.47. The number of carboxylic acids is 1. The molecule has 0 aromatic heterocycles. The van der Waals surface area contributed by atoms with Crippen molar-refractivity contribution in [1.82, 2.24) is 0 Å². The van der Waals surface area contributed by atoms with Gasteiger partial charge in [0.15, 0.2) is 6.10 Å². The Morgan fingerprint density at radius 2 is 1.29 bits per heavy atom. The fraction of sp³-hybridized carbons (Fsp3) is 0.333. The number of carboxylic acid groups (broad SMARTS) is 1. The van der Waals surface area contributed by atoms with Crippen molar-refractivity contribution in [3.63, 3.8) is 0 Å². The molecule has 0 bridgehead atoms. The lowest BCUT2D eigenvalue weighted by atomic mass is 9.99. The van der Waals surface area contributed by atoms with Crippen molar-refractivity contribution in [2.75, 3.05) is 0 Å². The summed E-state index contributed by atoms with van der Waals surface area (Å²) in [6.45, 7) is 2.44. The van der Waals surface area contributed by atoms with E-state index in [1.54, 1.807) is 0 Å². The second kappa shape index (κ2) is 14.1. The molecule has 0 saturated carbocycles. The Balaban J connectivity index is 1.60. The average molecular weight is 537 g/mol. The lowest BCUT2D eigenvalue weighted by molar-refractivity contribution is -0.238. The van der Waals surface area contributed by atoms with Crippen molar-refractivity contribution in [3.05, 3.63) is 102 Å². The summed E-state index contributed by atoms with van der Waals surface area (Å²) in [4.78, 5) is 24.6. The van der Waals surface area contributed by atoms with Gasteiger partial charge in [-0.15, -0.1) is 0 Å². The van der Waals surface area contributed by atoms with E-state index in [2.05, 4.69) is 0 Å². The van der Waals surface area contributed by atoms with Gasteiger partial charge in [0.2, 0.25) is 0 Å². The Labute approximate surface area is 227 Å². The first kappa shape index (κ1) is 27.9. The van der Waals surface area contributed by atoms with Gasteiger partial charge in [-0.25, -0.2) is 0 Å². The monoisotopic (exact) mass is 536 g/mol. The van der Waals surface area contributed by atoms with Crippen molar-refractivity contribution >= 4 is 23.7 Å². The third kappa shape index (κ3) is 8.16. The minimum atomic E-state index is -1.06. The van der Waals surface area contributed by atoms with E-state index in [0.717, 1.165) is 16.0 Å². The maximum Gasteiger partial charge on any atom is 0.306 e. The zero-order chi connectivity index (χ0) is 26.7. The summed E-state index contributed by atoms with van der Waals surface area (Å²) in [6, 6.07) is 29.4. The van der Waals surface area contributed by atoms with Crippen LogP contribution in [0, 0.1) is 0 Å². The van der Waals surface area contributed by atoms with Gasteiger partial charge < -0.3 is 24.1 Å². The summed E-state index contributed by atoms with van der Waals surface area (Å²) < 4.78 is 25.1. The third-order valence-corrected chi connectivity index (χ3v) is 7.26. The molecule has 7 nitrogen and oxygen atoms in total. The molecular weight excluding hydrogens is 504 g/mol. The Morgan fingerprint density at radius 1 is 0.763 bits per heavy atom. The van der Waals surface area contributed by atoms with Gasteiger partial charge in [-0.3, -0.25) is 9.59 Å². The van der Waals surface area contributed by atoms with Crippen LogP contribution in [0.5, 0.6) is 0 Å². The van der Waals surface area contributed by atoms with Crippen LogP contribution in [0.25, 0.3) is 0 Å². The van der Waals surface area contributed by atoms with E-state index < -0.39 is 41.8 Å². The second-order valence-electron chi connectivity index (χ2n) is 9.01. The number of hydrogen-bond donors (Lipinski definition) is 1. The molecule has 38 heavy (non-hydrogen) atoms. The molecule has 1 fully saturated rings. The number of esters is 1. The van der Waals surface area contributed by atoms with Crippen LogP contribution in [-0.4, -0.2) is 46.9 Å². The van der Waals surface area contributed by atoms with E-state index >= 15 is 0 Å².